The first-order chi connectivity index (χ1) is 17.1. The molecule has 4 fully saturated rings. The number of carbonyl (C=O) groups excluding carboxylic acids is 3. The molecule has 2 aliphatic heterocycles. The number of cyclic esters (lactones) is 1. The zero-order valence-corrected chi connectivity index (χ0v) is 21.7. The third kappa shape index (κ3) is 3.27. The van der Waals surface area contributed by atoms with Crippen molar-refractivity contribution in [2.45, 2.75) is 90.1 Å². The highest BCUT2D eigenvalue weighted by Crippen LogP contribution is 2.69. The van der Waals surface area contributed by atoms with Crippen LogP contribution in [0.15, 0.2) is 23.3 Å². The van der Waals surface area contributed by atoms with Crippen molar-refractivity contribution in [2.24, 2.45) is 40.9 Å². The molecule has 2 unspecified atom stereocenters. The van der Waals surface area contributed by atoms with Crippen molar-refractivity contribution in [3.05, 3.63) is 23.3 Å². The minimum absolute atomic E-state index is 0.0372. The first-order valence-electron chi connectivity index (χ1n) is 13.7. The van der Waals surface area contributed by atoms with Crippen LogP contribution in [0.25, 0.3) is 0 Å². The molecule has 0 amide bonds. The fourth-order valence-corrected chi connectivity index (χ4v) is 9.48. The number of epoxide rings is 1. The molecule has 0 bridgehead atoms. The molecule has 0 aromatic rings. The zero-order chi connectivity index (χ0) is 25.6. The summed E-state index contributed by atoms with van der Waals surface area (Å²) in [7, 11) is 0. The molecule has 196 valence electrons. The van der Waals surface area contributed by atoms with E-state index in [1.165, 1.54) is 6.92 Å². The van der Waals surface area contributed by atoms with Gasteiger partial charge in [0.25, 0.3) is 0 Å². The van der Waals surface area contributed by atoms with Gasteiger partial charge in [0.15, 0.2) is 11.9 Å². The van der Waals surface area contributed by atoms with Crippen LogP contribution in [-0.2, 0) is 28.6 Å². The van der Waals surface area contributed by atoms with E-state index < -0.39 is 11.7 Å². The van der Waals surface area contributed by atoms with Crippen molar-refractivity contribution in [3.63, 3.8) is 0 Å². The molecular weight excluding hydrogens is 460 g/mol. The summed E-state index contributed by atoms with van der Waals surface area (Å²) in [6.07, 6.45) is 8.49. The molecule has 7 heteroatoms. The van der Waals surface area contributed by atoms with Crippen molar-refractivity contribution in [3.8, 4) is 0 Å². The Bertz CT molecular complexity index is 1060. The van der Waals surface area contributed by atoms with Gasteiger partial charge < -0.3 is 19.3 Å². The van der Waals surface area contributed by atoms with Gasteiger partial charge in [-0.05, 0) is 86.2 Å². The number of ketones is 1. The Morgan fingerprint density at radius 2 is 2.03 bits per heavy atom. The minimum atomic E-state index is -0.664. The topological polar surface area (TPSA) is 102 Å². The van der Waals surface area contributed by atoms with Gasteiger partial charge in [0.1, 0.15) is 11.7 Å². The molecule has 6 rings (SSSR count). The average Bonchev–Trinajstić information content (AvgIpc) is 3.43. The molecule has 3 saturated carbocycles. The second kappa shape index (κ2) is 8.26. The number of esters is 2. The molecule has 7 nitrogen and oxygen atoms in total. The van der Waals surface area contributed by atoms with Gasteiger partial charge in [0.2, 0.25) is 0 Å². The number of allylic oxidation sites excluding steroid dienone is 1. The van der Waals surface area contributed by atoms with E-state index in [0.717, 1.165) is 37.7 Å². The molecule has 1 N–H and O–H groups in total. The monoisotopic (exact) mass is 498 g/mol. The van der Waals surface area contributed by atoms with Crippen LogP contribution in [0.4, 0.5) is 0 Å². The van der Waals surface area contributed by atoms with Gasteiger partial charge in [-0.25, -0.2) is 4.79 Å². The van der Waals surface area contributed by atoms with Crippen LogP contribution in [0.2, 0.25) is 0 Å². The van der Waals surface area contributed by atoms with Crippen LogP contribution < -0.4 is 0 Å². The molecule has 6 aliphatic rings. The summed E-state index contributed by atoms with van der Waals surface area (Å²) >= 11 is 0. The quantitative estimate of drug-likeness (QED) is 0.467. The Labute approximate surface area is 212 Å². The number of ether oxygens (including phenoxy) is 3. The van der Waals surface area contributed by atoms with Crippen LogP contribution in [0.1, 0.15) is 66.2 Å². The number of fused-ring (bicyclic) bond motifs is 4. The normalized spacial score (nSPS) is 47.8. The third-order valence-electron chi connectivity index (χ3n) is 11.1. The molecule has 2 heterocycles. The highest BCUT2D eigenvalue weighted by molar-refractivity contribution is 5.95. The third-order valence-corrected chi connectivity index (χ3v) is 11.1. The van der Waals surface area contributed by atoms with Crippen molar-refractivity contribution in [2.75, 3.05) is 6.61 Å². The van der Waals surface area contributed by atoms with Gasteiger partial charge in [0, 0.05) is 13.3 Å². The number of rotatable bonds is 4. The highest BCUT2D eigenvalue weighted by atomic mass is 16.7. The summed E-state index contributed by atoms with van der Waals surface area (Å²) in [6, 6.07) is 0. The molecule has 0 aromatic carbocycles. The van der Waals surface area contributed by atoms with Crippen molar-refractivity contribution in [1.29, 1.82) is 0 Å². The van der Waals surface area contributed by atoms with E-state index in [0.29, 0.717) is 29.7 Å². The molecule has 11 atom stereocenters. The lowest BCUT2D eigenvalue weighted by Gasteiger charge is -2.54. The average molecular weight is 499 g/mol. The van der Waals surface area contributed by atoms with E-state index in [-0.39, 0.29) is 59.7 Å². The van der Waals surface area contributed by atoms with Crippen molar-refractivity contribution >= 4 is 17.7 Å². The van der Waals surface area contributed by atoms with Crippen molar-refractivity contribution in [1.82, 2.24) is 0 Å². The fourth-order valence-electron chi connectivity index (χ4n) is 9.48. The Kier molecular flexibility index (Phi) is 5.58. The fraction of sp³-hybridized carbons (Fsp3) is 0.759. The van der Waals surface area contributed by atoms with E-state index in [4.69, 9.17) is 14.2 Å². The molecule has 4 aliphatic carbocycles. The Morgan fingerprint density at radius 1 is 1.25 bits per heavy atom. The molecule has 36 heavy (non-hydrogen) atoms. The summed E-state index contributed by atoms with van der Waals surface area (Å²) in [6.45, 7) is 7.73. The summed E-state index contributed by atoms with van der Waals surface area (Å²) in [4.78, 5) is 37.5. The Balaban J connectivity index is 1.24. The van der Waals surface area contributed by atoms with E-state index in [1.807, 2.05) is 6.92 Å². The lowest BCUT2D eigenvalue weighted by molar-refractivity contribution is -0.156. The summed E-state index contributed by atoms with van der Waals surface area (Å²) in [5.74, 6) is 0.997. The molecule has 0 radical (unpaired) electrons. The van der Waals surface area contributed by atoms with E-state index in [1.54, 1.807) is 12.2 Å². The summed E-state index contributed by atoms with van der Waals surface area (Å²) < 4.78 is 17.8. The standard InChI is InChI=1S/C29H38O7/c1-14-11-23(35-27(33)19(14)13-30)15(2)20-5-6-21-18-12-25-29(36-25)24(34-16(3)31)8-7-22(32)26(29)17(18)9-10-28(20,21)4/h7-8,15,17-18,20-21,23-26,30H,5-6,9-13H2,1-4H3/t15-,17?,18+,20+,21-,23+,24-,25+,26?,28+,29+/m0/s1. The predicted octanol–water partition coefficient (Wildman–Crippen LogP) is 3.53. The zero-order valence-electron chi connectivity index (χ0n) is 21.7. The smallest absolute Gasteiger partial charge is 0.336 e. The molecule has 1 spiro atoms. The van der Waals surface area contributed by atoms with Crippen LogP contribution in [0, 0.1) is 40.9 Å². The van der Waals surface area contributed by atoms with E-state index in [9.17, 15) is 19.5 Å². The molecular formula is C29H38O7. The summed E-state index contributed by atoms with van der Waals surface area (Å²) in [5.41, 5.74) is 0.805. The first kappa shape index (κ1) is 24.4. The van der Waals surface area contributed by atoms with Crippen LogP contribution in [0.3, 0.4) is 0 Å². The van der Waals surface area contributed by atoms with Crippen LogP contribution in [0.5, 0.6) is 0 Å². The maximum absolute atomic E-state index is 13.2. The number of aliphatic hydroxyl groups excluding tert-OH is 1. The maximum atomic E-state index is 13.2. The lowest BCUT2D eigenvalue weighted by Crippen LogP contribution is -2.58. The van der Waals surface area contributed by atoms with Gasteiger partial charge in [-0.2, -0.15) is 0 Å². The largest absolute Gasteiger partial charge is 0.458 e. The SMILES string of the molecule is CC(=O)O[C@H]1C=CC(=O)C2C3CC[C@]4(C)[C@@H]([C@H](C)[C@H]5CC(C)=C(CO)C(=O)O5)CC[C@H]4[C@@H]3C[C@H]3O[C@]213. The van der Waals surface area contributed by atoms with Gasteiger partial charge >= 0.3 is 11.9 Å². The number of aliphatic hydroxyl groups is 1. The summed E-state index contributed by atoms with van der Waals surface area (Å²) in [5, 5.41) is 9.54. The van der Waals surface area contributed by atoms with Gasteiger partial charge in [0.05, 0.1) is 24.2 Å². The van der Waals surface area contributed by atoms with Gasteiger partial charge in [-0.15, -0.1) is 0 Å². The lowest BCUT2D eigenvalue weighted by atomic mass is 9.49. The Morgan fingerprint density at radius 3 is 2.72 bits per heavy atom. The second-order valence-corrected chi connectivity index (χ2v) is 12.6. The van der Waals surface area contributed by atoms with E-state index >= 15 is 0 Å². The highest BCUT2D eigenvalue weighted by Gasteiger charge is 2.76. The maximum Gasteiger partial charge on any atom is 0.336 e. The van der Waals surface area contributed by atoms with E-state index in [2.05, 4.69) is 13.8 Å². The van der Waals surface area contributed by atoms with Crippen LogP contribution in [-0.4, -0.2) is 53.3 Å². The molecule has 1 saturated heterocycles. The van der Waals surface area contributed by atoms with Crippen LogP contribution >= 0.6 is 0 Å². The minimum Gasteiger partial charge on any atom is -0.458 e. The van der Waals surface area contributed by atoms with Crippen molar-refractivity contribution < 1.29 is 33.7 Å². The number of hydrogen-bond donors (Lipinski definition) is 1. The molecule has 0 aromatic heterocycles. The predicted molar refractivity (Wildman–Crippen MR) is 129 cm³/mol. The Hall–Kier alpha value is -1.99. The van der Waals surface area contributed by atoms with Gasteiger partial charge in [-0.3, -0.25) is 9.59 Å². The number of carbonyl (C=O) groups is 3. The number of hydrogen-bond acceptors (Lipinski definition) is 7. The second-order valence-electron chi connectivity index (χ2n) is 12.6. The van der Waals surface area contributed by atoms with Gasteiger partial charge in [-0.1, -0.05) is 19.4 Å². The first-order valence-corrected chi connectivity index (χ1v) is 13.7.